The van der Waals surface area contributed by atoms with Gasteiger partial charge in [0, 0.05) is 25.2 Å². The molecule has 0 radical (unpaired) electrons. The van der Waals surface area contributed by atoms with Crippen LogP contribution >= 0.6 is 0 Å². The lowest BCUT2D eigenvalue weighted by Gasteiger charge is -2.18. The molecule has 30 heavy (non-hydrogen) atoms. The number of rotatable bonds is 5. The van der Waals surface area contributed by atoms with Crippen LogP contribution in [0.1, 0.15) is 38.3 Å². The van der Waals surface area contributed by atoms with E-state index in [9.17, 15) is 18.0 Å². The molecule has 160 valence electrons. The van der Waals surface area contributed by atoms with E-state index in [1.54, 1.807) is 18.3 Å². The fourth-order valence-electron chi connectivity index (χ4n) is 3.13. The van der Waals surface area contributed by atoms with Crippen molar-refractivity contribution < 1.29 is 22.7 Å². The van der Waals surface area contributed by atoms with Gasteiger partial charge in [0.05, 0.1) is 23.7 Å². The van der Waals surface area contributed by atoms with Crippen LogP contribution in [0.15, 0.2) is 42.6 Å². The van der Waals surface area contributed by atoms with E-state index in [1.807, 2.05) is 25.3 Å². The highest BCUT2D eigenvalue weighted by atomic mass is 19.4. The van der Waals surface area contributed by atoms with Crippen molar-refractivity contribution in [3.05, 3.63) is 53.7 Å². The zero-order valence-corrected chi connectivity index (χ0v) is 17.3. The second kappa shape index (κ2) is 8.01. The number of ether oxygens (including phenoxy) is 1. The minimum Gasteiger partial charge on any atom is -0.493 e. The normalized spacial score (nSPS) is 12.2. The van der Waals surface area contributed by atoms with Crippen LogP contribution < -0.4 is 10.1 Å². The molecule has 1 N–H and O–H groups in total. The van der Waals surface area contributed by atoms with Crippen LogP contribution in [0, 0.1) is 5.41 Å². The van der Waals surface area contributed by atoms with Gasteiger partial charge in [-0.25, -0.2) is 4.98 Å². The lowest BCUT2D eigenvalue weighted by Crippen LogP contribution is -2.20. The molecule has 2 aromatic heterocycles. The van der Waals surface area contributed by atoms with Crippen molar-refractivity contribution in [3.63, 3.8) is 0 Å². The highest BCUT2D eigenvalue weighted by Crippen LogP contribution is 2.31. The third-order valence-corrected chi connectivity index (χ3v) is 4.52. The van der Waals surface area contributed by atoms with E-state index in [4.69, 9.17) is 4.74 Å². The van der Waals surface area contributed by atoms with Gasteiger partial charge in [0.1, 0.15) is 0 Å². The summed E-state index contributed by atoms with van der Waals surface area (Å²) in [5, 5.41) is 2.80. The summed E-state index contributed by atoms with van der Waals surface area (Å²) < 4.78 is 45.5. The van der Waals surface area contributed by atoms with Crippen molar-refractivity contribution in [2.45, 2.75) is 39.9 Å². The Kier molecular flexibility index (Phi) is 5.78. The fraction of sp³-hybridized carbons (Fsp3) is 0.364. The number of pyridine rings is 1. The van der Waals surface area contributed by atoms with E-state index >= 15 is 0 Å². The van der Waals surface area contributed by atoms with Crippen LogP contribution in [-0.2, 0) is 17.5 Å². The molecule has 0 saturated heterocycles. The summed E-state index contributed by atoms with van der Waals surface area (Å²) in [5.74, 6) is 0.598. The first-order valence-corrected chi connectivity index (χ1v) is 9.46. The third kappa shape index (κ3) is 5.11. The average molecular weight is 419 g/mol. The molecule has 5 nitrogen and oxygen atoms in total. The molecule has 8 heteroatoms. The molecule has 0 aliphatic carbocycles. The lowest BCUT2D eigenvalue weighted by molar-refractivity contribution is -0.137. The standard InChI is InChI=1S/C22H24F3N3O2/c1-21(2,3)12-19(29)27-20-18(30-4)11-17-16(26-20)9-10-28(17)13-14-5-7-15(8-6-14)22(23,24)25/h5-11H,12-13H2,1-4H3,(H,26,27,29). The van der Waals surface area contributed by atoms with Gasteiger partial charge in [-0.3, -0.25) is 4.79 Å². The van der Waals surface area contributed by atoms with E-state index in [0.717, 1.165) is 23.2 Å². The van der Waals surface area contributed by atoms with Crippen LogP contribution in [0.4, 0.5) is 19.0 Å². The van der Waals surface area contributed by atoms with Crippen molar-refractivity contribution in [2.75, 3.05) is 12.4 Å². The van der Waals surface area contributed by atoms with Gasteiger partial charge in [-0.05, 0) is 29.2 Å². The summed E-state index contributed by atoms with van der Waals surface area (Å²) in [5.41, 5.74) is 1.28. The number of benzene rings is 1. The number of halogens is 3. The average Bonchev–Trinajstić information content (AvgIpc) is 3.00. The predicted octanol–water partition coefficient (Wildman–Crippen LogP) is 5.49. The van der Waals surface area contributed by atoms with Crippen molar-refractivity contribution in [2.24, 2.45) is 5.41 Å². The number of nitrogens with zero attached hydrogens (tertiary/aromatic N) is 2. The van der Waals surface area contributed by atoms with Crippen molar-refractivity contribution >= 4 is 22.8 Å². The van der Waals surface area contributed by atoms with Crippen LogP contribution in [0.3, 0.4) is 0 Å². The molecule has 0 aliphatic heterocycles. The molecule has 0 aliphatic rings. The number of carbonyl (C=O) groups excluding carboxylic acids is 1. The van der Waals surface area contributed by atoms with Crippen LogP contribution in [0.5, 0.6) is 5.75 Å². The molecular weight excluding hydrogens is 395 g/mol. The largest absolute Gasteiger partial charge is 0.493 e. The van der Waals surface area contributed by atoms with Gasteiger partial charge in [-0.1, -0.05) is 32.9 Å². The first kappa shape index (κ1) is 21.7. The van der Waals surface area contributed by atoms with Crippen LogP contribution in [0.2, 0.25) is 0 Å². The molecule has 3 aromatic rings. The number of aromatic nitrogens is 2. The van der Waals surface area contributed by atoms with Gasteiger partial charge >= 0.3 is 6.18 Å². The zero-order valence-electron chi connectivity index (χ0n) is 17.3. The van der Waals surface area contributed by atoms with E-state index in [-0.39, 0.29) is 11.3 Å². The van der Waals surface area contributed by atoms with Crippen LogP contribution in [0.25, 0.3) is 11.0 Å². The van der Waals surface area contributed by atoms with Gasteiger partial charge in [0.2, 0.25) is 5.91 Å². The summed E-state index contributed by atoms with van der Waals surface area (Å²) in [6.07, 6.45) is -2.22. The second-order valence-electron chi connectivity index (χ2n) is 8.37. The summed E-state index contributed by atoms with van der Waals surface area (Å²) >= 11 is 0. The van der Waals surface area contributed by atoms with Crippen LogP contribution in [-0.4, -0.2) is 22.6 Å². The predicted molar refractivity (Wildman–Crippen MR) is 110 cm³/mol. The number of anilines is 1. The quantitative estimate of drug-likeness (QED) is 0.595. The molecule has 0 fully saturated rings. The Balaban J connectivity index is 1.85. The molecule has 1 aromatic carbocycles. The summed E-state index contributed by atoms with van der Waals surface area (Å²) in [4.78, 5) is 16.8. The lowest BCUT2D eigenvalue weighted by atomic mass is 9.92. The minimum absolute atomic E-state index is 0.156. The number of hydrogen-bond acceptors (Lipinski definition) is 3. The molecule has 0 spiro atoms. The number of alkyl halides is 3. The molecule has 1 amide bonds. The maximum Gasteiger partial charge on any atom is 0.416 e. The maximum atomic E-state index is 12.8. The van der Waals surface area contributed by atoms with E-state index in [1.165, 1.54) is 19.2 Å². The van der Waals surface area contributed by atoms with Crippen molar-refractivity contribution in [1.29, 1.82) is 0 Å². The topological polar surface area (TPSA) is 56.1 Å². The number of hydrogen-bond donors (Lipinski definition) is 1. The number of amides is 1. The molecule has 0 unspecified atom stereocenters. The van der Waals surface area contributed by atoms with Crippen molar-refractivity contribution in [3.8, 4) is 5.75 Å². The smallest absolute Gasteiger partial charge is 0.416 e. The van der Waals surface area contributed by atoms with E-state index < -0.39 is 11.7 Å². The van der Waals surface area contributed by atoms with Gasteiger partial charge in [0.15, 0.2) is 11.6 Å². The Hall–Kier alpha value is -3.03. The number of methoxy groups -OCH3 is 1. The molecule has 0 bridgehead atoms. The monoisotopic (exact) mass is 419 g/mol. The summed E-state index contributed by atoms with van der Waals surface area (Å²) in [6, 6.07) is 8.61. The third-order valence-electron chi connectivity index (χ3n) is 4.52. The fourth-order valence-corrected chi connectivity index (χ4v) is 3.13. The summed E-state index contributed by atoms with van der Waals surface area (Å²) in [6.45, 7) is 6.30. The second-order valence-corrected chi connectivity index (χ2v) is 8.37. The molecule has 3 rings (SSSR count). The van der Waals surface area contributed by atoms with Gasteiger partial charge < -0.3 is 14.6 Å². The highest BCUT2D eigenvalue weighted by molar-refractivity contribution is 5.93. The van der Waals surface area contributed by atoms with E-state index in [0.29, 0.717) is 30.0 Å². The van der Waals surface area contributed by atoms with E-state index in [2.05, 4.69) is 10.3 Å². The first-order valence-electron chi connectivity index (χ1n) is 9.46. The number of fused-ring (bicyclic) bond motifs is 1. The minimum atomic E-state index is -4.36. The number of carbonyl (C=O) groups is 1. The Morgan fingerprint density at radius 2 is 1.80 bits per heavy atom. The Labute approximate surface area is 172 Å². The Morgan fingerprint density at radius 3 is 2.37 bits per heavy atom. The van der Waals surface area contributed by atoms with Gasteiger partial charge in [-0.15, -0.1) is 0 Å². The molecular formula is C22H24F3N3O2. The highest BCUT2D eigenvalue weighted by Gasteiger charge is 2.30. The summed E-state index contributed by atoms with van der Waals surface area (Å²) in [7, 11) is 1.49. The van der Waals surface area contributed by atoms with Gasteiger partial charge in [0.25, 0.3) is 0 Å². The molecule has 2 heterocycles. The van der Waals surface area contributed by atoms with Crippen molar-refractivity contribution in [1.82, 2.24) is 9.55 Å². The van der Waals surface area contributed by atoms with Gasteiger partial charge in [-0.2, -0.15) is 13.2 Å². The zero-order chi connectivity index (χ0) is 22.1. The molecule has 0 saturated carbocycles. The Bertz CT molecular complexity index is 1050. The molecule has 0 atom stereocenters. The Morgan fingerprint density at radius 1 is 1.13 bits per heavy atom. The maximum absolute atomic E-state index is 12.8. The number of nitrogens with one attached hydrogen (secondary N) is 1. The first-order chi connectivity index (χ1) is 14.0. The SMILES string of the molecule is COc1cc2c(ccn2Cc2ccc(C(F)(F)F)cc2)nc1NC(=O)CC(C)(C)C.